The Balaban J connectivity index is 0.00000156. The summed E-state index contributed by atoms with van der Waals surface area (Å²) in [7, 11) is 4.17. The van der Waals surface area contributed by atoms with Gasteiger partial charge in [-0.25, -0.2) is 4.79 Å². The number of aryl methyl sites for hydroxylation is 1. The van der Waals surface area contributed by atoms with E-state index >= 15 is 0 Å². The molecule has 4 rings (SSSR count). The number of aromatic nitrogens is 1. The zero-order valence-electron chi connectivity index (χ0n) is 13.6. The van der Waals surface area contributed by atoms with Gasteiger partial charge in [0, 0.05) is 49.1 Å². The fourth-order valence-electron chi connectivity index (χ4n) is 4.18. The van der Waals surface area contributed by atoms with Crippen molar-refractivity contribution in [2.45, 2.75) is 43.9 Å². The van der Waals surface area contributed by atoms with Gasteiger partial charge in [-0.15, -0.1) is 12.4 Å². The number of nitrogens with zero attached hydrogens (tertiary/aromatic N) is 2. The van der Waals surface area contributed by atoms with Crippen LogP contribution in [0.1, 0.15) is 36.0 Å². The van der Waals surface area contributed by atoms with E-state index in [-0.39, 0.29) is 24.5 Å². The third-order valence-corrected chi connectivity index (χ3v) is 5.45. The lowest BCUT2D eigenvalue weighted by Crippen LogP contribution is -2.43. The van der Waals surface area contributed by atoms with Gasteiger partial charge in [0.15, 0.2) is 0 Å². The van der Waals surface area contributed by atoms with E-state index in [1.807, 2.05) is 42.1 Å². The topological polar surface area (TPSA) is 34.5 Å². The molecule has 0 radical (unpaired) electrons. The smallest absolute Gasteiger partial charge is 0.340 e. The maximum absolute atomic E-state index is 12.6. The lowest BCUT2D eigenvalue weighted by Gasteiger charge is -2.35. The van der Waals surface area contributed by atoms with Crippen LogP contribution in [0.15, 0.2) is 30.5 Å². The standard InChI is InChI=1S/C18H22N2O2.ClH/c1-19-11-16(15-5-3-4-6-17(15)19)18(21)22-14-9-12-7-8-13(10-14)20(12)2;/h3-6,11-14H,7-10H2,1-2H3;1H/t12-,13-;/m0./s1. The molecule has 5 heteroatoms. The predicted octanol–water partition coefficient (Wildman–Crippen LogP) is 3.38. The van der Waals surface area contributed by atoms with Crippen molar-refractivity contribution in [3.05, 3.63) is 36.0 Å². The van der Waals surface area contributed by atoms with E-state index in [0.29, 0.717) is 17.6 Å². The first-order valence-corrected chi connectivity index (χ1v) is 8.10. The maximum atomic E-state index is 12.6. The zero-order chi connectivity index (χ0) is 15.3. The Labute approximate surface area is 142 Å². The lowest BCUT2D eigenvalue weighted by atomic mass is 10.0. The average Bonchev–Trinajstić information content (AvgIpc) is 2.93. The molecule has 0 saturated carbocycles. The zero-order valence-corrected chi connectivity index (χ0v) is 14.4. The highest BCUT2D eigenvalue weighted by Gasteiger charge is 2.40. The minimum atomic E-state index is -0.175. The average molecular weight is 335 g/mol. The van der Waals surface area contributed by atoms with Crippen molar-refractivity contribution >= 4 is 29.3 Å². The van der Waals surface area contributed by atoms with Crippen LogP contribution in [0.25, 0.3) is 10.9 Å². The van der Waals surface area contributed by atoms with Crippen LogP contribution in [-0.2, 0) is 11.8 Å². The van der Waals surface area contributed by atoms with Crippen LogP contribution in [-0.4, -0.2) is 40.7 Å². The summed E-state index contributed by atoms with van der Waals surface area (Å²) in [4.78, 5) is 15.1. The number of halogens is 1. The Kier molecular flexibility index (Phi) is 4.39. The minimum Gasteiger partial charge on any atom is -0.459 e. The van der Waals surface area contributed by atoms with E-state index in [0.717, 1.165) is 23.7 Å². The molecule has 2 saturated heterocycles. The molecule has 0 spiro atoms. The fraction of sp³-hybridized carbons (Fsp3) is 0.500. The van der Waals surface area contributed by atoms with Gasteiger partial charge < -0.3 is 14.2 Å². The summed E-state index contributed by atoms with van der Waals surface area (Å²) in [6, 6.07) is 9.15. The monoisotopic (exact) mass is 334 g/mol. The summed E-state index contributed by atoms with van der Waals surface area (Å²) in [6.07, 6.45) is 6.39. The number of esters is 1. The van der Waals surface area contributed by atoms with Gasteiger partial charge in [0.25, 0.3) is 0 Å². The van der Waals surface area contributed by atoms with Gasteiger partial charge in [0.2, 0.25) is 0 Å². The van der Waals surface area contributed by atoms with Crippen molar-refractivity contribution in [2.75, 3.05) is 7.05 Å². The molecular weight excluding hydrogens is 312 g/mol. The van der Waals surface area contributed by atoms with E-state index in [1.165, 1.54) is 12.8 Å². The van der Waals surface area contributed by atoms with E-state index < -0.39 is 0 Å². The first-order chi connectivity index (χ1) is 10.6. The quantitative estimate of drug-likeness (QED) is 0.790. The van der Waals surface area contributed by atoms with E-state index in [9.17, 15) is 4.79 Å². The number of carbonyl (C=O) groups is 1. The number of piperidine rings is 1. The molecule has 0 unspecified atom stereocenters. The maximum Gasteiger partial charge on any atom is 0.340 e. The molecule has 0 aliphatic carbocycles. The minimum absolute atomic E-state index is 0. The fourth-order valence-corrected chi connectivity index (χ4v) is 4.18. The second-order valence-corrected chi connectivity index (χ2v) is 6.72. The van der Waals surface area contributed by atoms with Crippen molar-refractivity contribution in [1.82, 2.24) is 9.47 Å². The number of benzene rings is 1. The Morgan fingerprint density at radius 1 is 1.13 bits per heavy atom. The van der Waals surface area contributed by atoms with Crippen molar-refractivity contribution in [2.24, 2.45) is 7.05 Å². The first kappa shape index (κ1) is 16.3. The Hall–Kier alpha value is -1.52. The van der Waals surface area contributed by atoms with E-state index in [4.69, 9.17) is 4.74 Å². The van der Waals surface area contributed by atoms with Crippen LogP contribution in [0.4, 0.5) is 0 Å². The Morgan fingerprint density at radius 2 is 1.78 bits per heavy atom. The first-order valence-electron chi connectivity index (χ1n) is 8.10. The van der Waals surface area contributed by atoms with Crippen LogP contribution in [0.3, 0.4) is 0 Å². The highest BCUT2D eigenvalue weighted by molar-refractivity contribution is 6.04. The third-order valence-electron chi connectivity index (χ3n) is 5.45. The molecule has 0 amide bonds. The van der Waals surface area contributed by atoms with Crippen molar-refractivity contribution in [3.8, 4) is 0 Å². The SMILES string of the molecule is CN1[C@H]2CC[C@H]1CC(OC(=O)c1cn(C)c3ccccc13)C2.Cl. The number of para-hydroxylation sites is 1. The van der Waals surface area contributed by atoms with Crippen LogP contribution in [0, 0.1) is 0 Å². The summed E-state index contributed by atoms with van der Waals surface area (Å²) in [5.41, 5.74) is 1.75. The molecule has 3 heterocycles. The van der Waals surface area contributed by atoms with Crippen LogP contribution in [0.5, 0.6) is 0 Å². The molecule has 23 heavy (non-hydrogen) atoms. The van der Waals surface area contributed by atoms with Gasteiger partial charge >= 0.3 is 5.97 Å². The third kappa shape index (κ3) is 2.74. The van der Waals surface area contributed by atoms with Crippen LogP contribution >= 0.6 is 12.4 Å². The van der Waals surface area contributed by atoms with Crippen molar-refractivity contribution in [1.29, 1.82) is 0 Å². The molecule has 124 valence electrons. The van der Waals surface area contributed by atoms with Crippen LogP contribution in [0.2, 0.25) is 0 Å². The second-order valence-electron chi connectivity index (χ2n) is 6.72. The number of hydrogen-bond donors (Lipinski definition) is 0. The number of rotatable bonds is 2. The molecule has 2 fully saturated rings. The molecule has 1 aromatic heterocycles. The Bertz CT molecular complexity index is 713. The molecule has 0 N–H and O–H groups in total. The normalized spacial score (nSPS) is 27.0. The second kappa shape index (κ2) is 6.17. The van der Waals surface area contributed by atoms with Gasteiger partial charge in [-0.2, -0.15) is 0 Å². The molecular formula is C18H23ClN2O2. The summed E-state index contributed by atoms with van der Waals surface area (Å²) in [6.45, 7) is 0. The summed E-state index contributed by atoms with van der Waals surface area (Å²) in [5.74, 6) is -0.175. The summed E-state index contributed by atoms with van der Waals surface area (Å²) >= 11 is 0. The highest BCUT2D eigenvalue weighted by atomic mass is 35.5. The van der Waals surface area contributed by atoms with Crippen molar-refractivity contribution in [3.63, 3.8) is 0 Å². The number of carbonyl (C=O) groups excluding carboxylic acids is 1. The summed E-state index contributed by atoms with van der Waals surface area (Å²) < 4.78 is 7.84. The van der Waals surface area contributed by atoms with Gasteiger partial charge in [-0.1, -0.05) is 18.2 Å². The number of fused-ring (bicyclic) bond motifs is 3. The van der Waals surface area contributed by atoms with Gasteiger partial charge in [-0.05, 0) is 26.0 Å². The molecule has 2 aliphatic rings. The van der Waals surface area contributed by atoms with Gasteiger partial charge in [0.05, 0.1) is 5.56 Å². The molecule has 2 atom stereocenters. The molecule has 4 nitrogen and oxygen atoms in total. The summed E-state index contributed by atoms with van der Waals surface area (Å²) in [5, 5.41) is 0.978. The lowest BCUT2D eigenvalue weighted by molar-refractivity contribution is -0.000279. The van der Waals surface area contributed by atoms with E-state index in [2.05, 4.69) is 11.9 Å². The van der Waals surface area contributed by atoms with Crippen molar-refractivity contribution < 1.29 is 9.53 Å². The largest absolute Gasteiger partial charge is 0.459 e. The molecule has 2 aliphatic heterocycles. The molecule has 1 aromatic carbocycles. The molecule has 2 bridgehead atoms. The Morgan fingerprint density at radius 3 is 2.48 bits per heavy atom. The van der Waals surface area contributed by atoms with Gasteiger partial charge in [0.1, 0.15) is 6.10 Å². The predicted molar refractivity (Wildman–Crippen MR) is 93.2 cm³/mol. The molecule has 2 aromatic rings. The van der Waals surface area contributed by atoms with Gasteiger partial charge in [-0.3, -0.25) is 0 Å². The highest BCUT2D eigenvalue weighted by Crippen LogP contribution is 2.36. The number of hydrogen-bond acceptors (Lipinski definition) is 3. The number of ether oxygens (including phenoxy) is 1. The van der Waals surface area contributed by atoms with E-state index in [1.54, 1.807) is 0 Å². The van der Waals surface area contributed by atoms with Crippen LogP contribution < -0.4 is 0 Å².